The number of aromatic nitrogens is 3. The maximum Gasteiger partial charge on any atom is 0.261 e. The fraction of sp³-hybridized carbons (Fsp3) is 0.240. The molecule has 2 unspecified atom stereocenters. The Labute approximate surface area is 201 Å². The SMILES string of the molecule is Cc1cc(C2=NCC(C)N2)cc2[nH]c(-c3c(NCC(O)c4cccc(Cl)c4)cc[nH]c3=O)nc12. The first-order valence-electron chi connectivity index (χ1n) is 11.1. The molecule has 0 radical (unpaired) electrons. The van der Waals surface area contributed by atoms with Crippen LogP contribution in [0.15, 0.2) is 58.4 Å². The molecule has 4 aromatic rings. The number of amidine groups is 1. The minimum absolute atomic E-state index is 0.198. The molecular formula is C25H25ClN6O2. The van der Waals surface area contributed by atoms with E-state index in [1.54, 1.807) is 36.5 Å². The second kappa shape index (κ2) is 8.96. The largest absolute Gasteiger partial charge is 0.387 e. The fourth-order valence-electron chi connectivity index (χ4n) is 4.17. The Morgan fingerprint density at radius 2 is 2.12 bits per heavy atom. The summed E-state index contributed by atoms with van der Waals surface area (Å²) in [7, 11) is 0. The van der Waals surface area contributed by atoms with Crippen molar-refractivity contribution in [3.63, 3.8) is 0 Å². The smallest absolute Gasteiger partial charge is 0.261 e. The minimum atomic E-state index is -0.798. The molecule has 0 spiro atoms. The number of imidazole rings is 1. The summed E-state index contributed by atoms with van der Waals surface area (Å²) in [4.78, 5) is 28.1. The van der Waals surface area contributed by atoms with Crippen molar-refractivity contribution in [1.82, 2.24) is 20.3 Å². The Balaban J connectivity index is 1.47. The van der Waals surface area contributed by atoms with Gasteiger partial charge >= 0.3 is 0 Å². The molecule has 0 saturated carbocycles. The molecule has 9 heteroatoms. The Hall–Kier alpha value is -3.62. The number of aliphatic hydroxyl groups excluding tert-OH is 1. The van der Waals surface area contributed by atoms with Gasteiger partial charge < -0.3 is 25.7 Å². The average molecular weight is 477 g/mol. The monoisotopic (exact) mass is 476 g/mol. The van der Waals surface area contributed by atoms with E-state index in [-0.39, 0.29) is 12.1 Å². The van der Waals surface area contributed by atoms with Crippen LogP contribution < -0.4 is 16.2 Å². The molecule has 34 heavy (non-hydrogen) atoms. The van der Waals surface area contributed by atoms with Gasteiger partial charge in [0.2, 0.25) is 0 Å². The second-order valence-electron chi connectivity index (χ2n) is 8.56. The molecule has 0 amide bonds. The van der Waals surface area contributed by atoms with Gasteiger partial charge in [0.25, 0.3) is 5.56 Å². The number of nitrogens with one attached hydrogen (secondary N) is 4. The van der Waals surface area contributed by atoms with Gasteiger partial charge in [-0.25, -0.2) is 4.98 Å². The summed E-state index contributed by atoms with van der Waals surface area (Å²) in [5, 5.41) is 17.7. The molecule has 2 aromatic heterocycles. The van der Waals surface area contributed by atoms with Crippen LogP contribution >= 0.6 is 11.6 Å². The van der Waals surface area contributed by atoms with Gasteiger partial charge in [0.15, 0.2) is 0 Å². The third kappa shape index (κ3) is 4.30. The highest BCUT2D eigenvalue weighted by Crippen LogP contribution is 2.28. The van der Waals surface area contributed by atoms with E-state index in [4.69, 9.17) is 16.6 Å². The first kappa shape index (κ1) is 22.2. The molecule has 174 valence electrons. The number of rotatable bonds is 6. The maximum absolute atomic E-state index is 12.8. The lowest BCUT2D eigenvalue weighted by atomic mass is 10.1. The van der Waals surface area contributed by atoms with E-state index in [1.807, 2.05) is 19.1 Å². The topological polar surface area (TPSA) is 118 Å². The van der Waals surface area contributed by atoms with Crippen LogP contribution in [-0.4, -0.2) is 45.0 Å². The average Bonchev–Trinajstić information content (AvgIpc) is 3.44. The van der Waals surface area contributed by atoms with Crippen LogP contribution in [-0.2, 0) is 0 Å². The highest BCUT2D eigenvalue weighted by molar-refractivity contribution is 6.30. The molecular weight excluding hydrogens is 452 g/mol. The van der Waals surface area contributed by atoms with Crippen molar-refractivity contribution in [2.75, 3.05) is 18.4 Å². The molecule has 8 nitrogen and oxygen atoms in total. The van der Waals surface area contributed by atoms with E-state index in [1.165, 1.54) is 0 Å². The van der Waals surface area contributed by atoms with Crippen LogP contribution in [0.3, 0.4) is 0 Å². The Kier molecular flexibility index (Phi) is 5.85. The number of aryl methyl sites for hydroxylation is 1. The number of aromatic amines is 2. The predicted molar refractivity (Wildman–Crippen MR) is 136 cm³/mol. The lowest BCUT2D eigenvalue weighted by molar-refractivity contribution is 0.191. The van der Waals surface area contributed by atoms with Crippen LogP contribution in [0.4, 0.5) is 5.69 Å². The van der Waals surface area contributed by atoms with Crippen molar-refractivity contribution in [2.24, 2.45) is 4.99 Å². The van der Waals surface area contributed by atoms with Crippen molar-refractivity contribution in [1.29, 1.82) is 0 Å². The number of halogens is 1. The van der Waals surface area contributed by atoms with Crippen molar-refractivity contribution >= 4 is 34.2 Å². The first-order valence-corrected chi connectivity index (χ1v) is 11.5. The van der Waals surface area contributed by atoms with Crippen LogP contribution in [0.5, 0.6) is 0 Å². The number of anilines is 1. The van der Waals surface area contributed by atoms with Gasteiger partial charge in [0.05, 0.1) is 29.4 Å². The summed E-state index contributed by atoms with van der Waals surface area (Å²) in [6.45, 7) is 5.03. The van der Waals surface area contributed by atoms with Crippen molar-refractivity contribution in [2.45, 2.75) is 26.0 Å². The van der Waals surface area contributed by atoms with Crippen molar-refractivity contribution in [3.8, 4) is 11.4 Å². The van der Waals surface area contributed by atoms with E-state index in [9.17, 15) is 9.90 Å². The predicted octanol–water partition coefficient (Wildman–Crippen LogP) is 3.76. The molecule has 5 rings (SSSR count). The molecule has 5 N–H and O–H groups in total. The van der Waals surface area contributed by atoms with Gasteiger partial charge in [-0.3, -0.25) is 9.79 Å². The van der Waals surface area contributed by atoms with Crippen LogP contribution in [0.2, 0.25) is 5.02 Å². The summed E-state index contributed by atoms with van der Waals surface area (Å²) in [5.41, 5.74) is 4.93. The molecule has 0 aliphatic carbocycles. The van der Waals surface area contributed by atoms with Crippen LogP contribution in [0, 0.1) is 6.92 Å². The van der Waals surface area contributed by atoms with Gasteiger partial charge in [0.1, 0.15) is 17.2 Å². The quantitative estimate of drug-likeness (QED) is 0.290. The fourth-order valence-corrected chi connectivity index (χ4v) is 4.37. The Morgan fingerprint density at radius 3 is 2.88 bits per heavy atom. The molecule has 2 atom stereocenters. The molecule has 1 aliphatic heterocycles. The minimum Gasteiger partial charge on any atom is -0.387 e. The summed E-state index contributed by atoms with van der Waals surface area (Å²) in [6.07, 6.45) is 0.769. The number of aliphatic hydroxyl groups is 1. The van der Waals surface area contributed by atoms with E-state index in [0.29, 0.717) is 33.7 Å². The zero-order valence-electron chi connectivity index (χ0n) is 18.8. The van der Waals surface area contributed by atoms with Gasteiger partial charge in [-0.05, 0) is 55.3 Å². The molecule has 0 bridgehead atoms. The number of hydrogen-bond donors (Lipinski definition) is 5. The molecule has 0 saturated heterocycles. The number of nitrogens with zero attached hydrogens (tertiary/aromatic N) is 2. The van der Waals surface area contributed by atoms with E-state index < -0.39 is 6.10 Å². The van der Waals surface area contributed by atoms with E-state index in [0.717, 1.165) is 34.5 Å². The van der Waals surface area contributed by atoms with Crippen LogP contribution in [0.1, 0.15) is 29.7 Å². The summed E-state index contributed by atoms with van der Waals surface area (Å²) >= 11 is 6.04. The maximum atomic E-state index is 12.8. The van der Waals surface area contributed by atoms with Gasteiger partial charge in [-0.15, -0.1) is 0 Å². The van der Waals surface area contributed by atoms with Gasteiger partial charge in [-0.2, -0.15) is 0 Å². The third-order valence-electron chi connectivity index (χ3n) is 5.87. The molecule has 3 heterocycles. The zero-order chi connectivity index (χ0) is 23.8. The zero-order valence-corrected chi connectivity index (χ0v) is 19.6. The number of hydrogen-bond acceptors (Lipinski definition) is 6. The number of benzene rings is 2. The van der Waals surface area contributed by atoms with Crippen molar-refractivity contribution < 1.29 is 5.11 Å². The number of H-pyrrole nitrogens is 2. The Morgan fingerprint density at radius 1 is 1.26 bits per heavy atom. The van der Waals surface area contributed by atoms with E-state index >= 15 is 0 Å². The standard InChI is InChI=1S/C25H25ClN6O2/c1-13-8-16(23-29-11-14(2)30-23)10-19-22(13)32-24(31-19)21-18(6-7-27-25(21)34)28-12-20(33)15-4-3-5-17(26)9-15/h3-10,14,20,33H,11-12H2,1-2H3,(H,29,30)(H,31,32)(H2,27,28,34). The molecule has 0 fully saturated rings. The molecule has 2 aromatic carbocycles. The highest BCUT2D eigenvalue weighted by Gasteiger charge is 2.19. The summed E-state index contributed by atoms with van der Waals surface area (Å²) < 4.78 is 0. The lowest BCUT2D eigenvalue weighted by Gasteiger charge is -2.15. The summed E-state index contributed by atoms with van der Waals surface area (Å²) in [5.74, 6) is 1.31. The van der Waals surface area contributed by atoms with Gasteiger partial charge in [0, 0.05) is 29.4 Å². The molecule has 1 aliphatic rings. The number of pyridine rings is 1. The van der Waals surface area contributed by atoms with Crippen LogP contribution in [0.25, 0.3) is 22.4 Å². The number of aliphatic imine (C=N–C) groups is 1. The second-order valence-corrected chi connectivity index (χ2v) is 8.99. The van der Waals surface area contributed by atoms with Crippen molar-refractivity contribution in [3.05, 3.63) is 80.7 Å². The Bertz CT molecular complexity index is 1460. The highest BCUT2D eigenvalue weighted by atomic mass is 35.5. The summed E-state index contributed by atoms with van der Waals surface area (Å²) in [6, 6.07) is 13.2. The van der Waals surface area contributed by atoms with Gasteiger partial charge in [-0.1, -0.05) is 23.7 Å². The third-order valence-corrected chi connectivity index (χ3v) is 6.11. The van der Waals surface area contributed by atoms with E-state index in [2.05, 4.69) is 32.5 Å². The first-order chi connectivity index (χ1) is 16.4. The normalized spacial score (nSPS) is 16.4. The number of fused-ring (bicyclic) bond motifs is 1. The lowest BCUT2D eigenvalue weighted by Crippen LogP contribution is -2.27.